The number of hydrogen-bond donors (Lipinski definition) is 0. The van der Waals surface area contributed by atoms with E-state index in [1.165, 1.54) is 28.7 Å². The summed E-state index contributed by atoms with van der Waals surface area (Å²) in [6.07, 6.45) is 0. The number of carbonyl (C=O) groups excluding carboxylic acids is 1. The molecule has 3 aromatic rings. The lowest BCUT2D eigenvalue weighted by molar-refractivity contribution is -0.380. The molecule has 1 aliphatic heterocycles. The summed E-state index contributed by atoms with van der Waals surface area (Å²) < 4.78 is 0.944. The molecule has 12 heteroatoms. The molecule has 0 radical (unpaired) electrons. The topological polar surface area (TPSA) is 92.5 Å². The van der Waals surface area contributed by atoms with Crippen LogP contribution in [-0.2, 0) is 0 Å². The van der Waals surface area contributed by atoms with Gasteiger partial charge in [0.1, 0.15) is 0 Å². The molecule has 0 bridgehead atoms. The lowest BCUT2D eigenvalue weighted by Crippen LogP contribution is -2.48. The zero-order valence-corrected chi connectivity index (χ0v) is 17.7. The Balaban J connectivity index is 1.40. The van der Waals surface area contributed by atoms with Crippen LogP contribution in [0.2, 0.25) is 0 Å². The molecule has 0 saturated carbocycles. The second kappa shape index (κ2) is 7.62. The minimum Gasteiger partial charge on any atom is -0.343 e. The molecule has 0 aliphatic carbocycles. The normalized spacial score (nSPS) is 14.6. The van der Waals surface area contributed by atoms with Gasteiger partial charge in [-0.1, -0.05) is 22.7 Å². The molecule has 140 valence electrons. The molecule has 4 heterocycles. The van der Waals surface area contributed by atoms with E-state index in [1.807, 2.05) is 17.0 Å². The van der Waals surface area contributed by atoms with E-state index in [9.17, 15) is 14.9 Å². The molecule has 1 saturated heterocycles. The van der Waals surface area contributed by atoms with Crippen molar-refractivity contribution < 1.29 is 9.72 Å². The standard InChI is InChI=1S/C15H12BrN5O3S3/c16-11-3-1-10(25-11)14(22)19-5-7-20(8-6-19)15-18-17-13(27-15)9-2-4-12(26-9)21(23)24/h1-4H,5-8H2. The third-order valence-corrected chi connectivity index (χ3v) is 7.82. The molecule has 1 fully saturated rings. The van der Waals surface area contributed by atoms with Gasteiger partial charge in [-0.3, -0.25) is 14.9 Å². The van der Waals surface area contributed by atoms with Gasteiger partial charge in [-0.25, -0.2) is 0 Å². The van der Waals surface area contributed by atoms with Crippen LogP contribution in [0.15, 0.2) is 28.1 Å². The Morgan fingerprint density at radius 1 is 1.07 bits per heavy atom. The van der Waals surface area contributed by atoms with Crippen LogP contribution in [0.3, 0.4) is 0 Å². The summed E-state index contributed by atoms with van der Waals surface area (Å²) in [6, 6.07) is 6.89. The minimum absolute atomic E-state index is 0.0502. The average Bonchev–Trinajstić information content (AvgIpc) is 3.41. The number of piperazine rings is 1. The van der Waals surface area contributed by atoms with Crippen LogP contribution in [0.4, 0.5) is 10.1 Å². The molecule has 0 unspecified atom stereocenters. The average molecular weight is 486 g/mol. The Hall–Kier alpha value is -1.89. The van der Waals surface area contributed by atoms with E-state index in [1.54, 1.807) is 6.07 Å². The highest BCUT2D eigenvalue weighted by molar-refractivity contribution is 9.11. The Morgan fingerprint density at radius 2 is 1.85 bits per heavy atom. The van der Waals surface area contributed by atoms with Gasteiger partial charge >= 0.3 is 5.00 Å². The first-order valence-electron chi connectivity index (χ1n) is 7.89. The van der Waals surface area contributed by atoms with E-state index in [0.29, 0.717) is 31.2 Å². The number of nitro groups is 1. The monoisotopic (exact) mass is 485 g/mol. The van der Waals surface area contributed by atoms with Crippen LogP contribution in [0, 0.1) is 10.1 Å². The maximum Gasteiger partial charge on any atom is 0.324 e. The number of rotatable bonds is 4. The Bertz CT molecular complexity index is 992. The summed E-state index contributed by atoms with van der Waals surface area (Å²) in [7, 11) is 0. The highest BCUT2D eigenvalue weighted by atomic mass is 79.9. The Kier molecular flexibility index (Phi) is 5.21. The molecule has 27 heavy (non-hydrogen) atoms. The lowest BCUT2D eigenvalue weighted by Gasteiger charge is -2.34. The number of carbonyl (C=O) groups is 1. The van der Waals surface area contributed by atoms with Gasteiger partial charge in [0.05, 0.1) is 18.5 Å². The Morgan fingerprint density at radius 3 is 2.48 bits per heavy atom. The van der Waals surface area contributed by atoms with Crippen molar-refractivity contribution in [2.45, 2.75) is 0 Å². The maximum absolute atomic E-state index is 12.5. The largest absolute Gasteiger partial charge is 0.343 e. The fourth-order valence-electron chi connectivity index (χ4n) is 2.67. The highest BCUT2D eigenvalue weighted by Crippen LogP contribution is 2.36. The van der Waals surface area contributed by atoms with Crippen LogP contribution in [0.25, 0.3) is 9.88 Å². The number of hydrogen-bond acceptors (Lipinski definition) is 9. The predicted molar refractivity (Wildman–Crippen MR) is 110 cm³/mol. The number of anilines is 1. The van der Waals surface area contributed by atoms with Crippen molar-refractivity contribution in [1.29, 1.82) is 0 Å². The Labute approximate surface area is 174 Å². The van der Waals surface area contributed by atoms with Crippen molar-refractivity contribution in [3.05, 3.63) is 43.0 Å². The van der Waals surface area contributed by atoms with E-state index in [0.717, 1.165) is 30.0 Å². The number of nitrogens with zero attached hydrogens (tertiary/aromatic N) is 5. The lowest BCUT2D eigenvalue weighted by atomic mass is 10.3. The summed E-state index contributed by atoms with van der Waals surface area (Å²) in [6.45, 7) is 2.59. The molecule has 0 spiro atoms. The molecule has 3 aromatic heterocycles. The van der Waals surface area contributed by atoms with E-state index in [4.69, 9.17) is 0 Å². The summed E-state index contributed by atoms with van der Waals surface area (Å²) in [5, 5.41) is 20.8. The molecule has 1 amide bonds. The second-order valence-electron chi connectivity index (χ2n) is 5.67. The van der Waals surface area contributed by atoms with E-state index < -0.39 is 4.92 Å². The van der Waals surface area contributed by atoms with Crippen molar-refractivity contribution in [2.24, 2.45) is 0 Å². The quantitative estimate of drug-likeness (QED) is 0.410. The summed E-state index contributed by atoms with van der Waals surface area (Å²) in [5.74, 6) is 0.0502. The second-order valence-corrected chi connectivity index (χ2v) is 10.1. The SMILES string of the molecule is O=C(c1ccc(Br)s1)N1CCN(c2nnc(-c3ccc([N+](=O)[O-])s3)s2)CC1. The molecule has 1 aliphatic rings. The van der Waals surface area contributed by atoms with Crippen LogP contribution < -0.4 is 4.90 Å². The molecule has 0 atom stereocenters. The molecular formula is C15H12BrN5O3S3. The summed E-state index contributed by atoms with van der Waals surface area (Å²) in [5.41, 5.74) is 0. The maximum atomic E-state index is 12.5. The van der Waals surface area contributed by atoms with Gasteiger partial charge in [-0.2, -0.15) is 0 Å². The smallest absolute Gasteiger partial charge is 0.324 e. The number of halogens is 1. The summed E-state index contributed by atoms with van der Waals surface area (Å²) in [4.78, 5) is 28.4. The van der Waals surface area contributed by atoms with Crippen LogP contribution in [0.5, 0.6) is 0 Å². The van der Waals surface area contributed by atoms with Gasteiger partial charge in [0.25, 0.3) is 5.91 Å². The minimum atomic E-state index is -0.404. The van der Waals surface area contributed by atoms with Crippen LogP contribution >= 0.6 is 49.9 Å². The van der Waals surface area contributed by atoms with Gasteiger partial charge in [-0.15, -0.1) is 21.5 Å². The van der Waals surface area contributed by atoms with Crippen molar-refractivity contribution in [3.8, 4) is 9.88 Å². The van der Waals surface area contributed by atoms with Crippen molar-refractivity contribution >= 4 is 66.0 Å². The van der Waals surface area contributed by atoms with Crippen LogP contribution in [0.1, 0.15) is 9.67 Å². The van der Waals surface area contributed by atoms with Crippen molar-refractivity contribution in [2.75, 3.05) is 31.1 Å². The van der Waals surface area contributed by atoms with E-state index >= 15 is 0 Å². The van der Waals surface area contributed by atoms with Gasteiger partial charge in [0.2, 0.25) is 5.13 Å². The van der Waals surface area contributed by atoms with Gasteiger partial charge < -0.3 is 9.80 Å². The first kappa shape index (κ1) is 18.5. The fraction of sp³-hybridized carbons (Fsp3) is 0.267. The van der Waals surface area contributed by atoms with Crippen molar-refractivity contribution in [3.63, 3.8) is 0 Å². The van der Waals surface area contributed by atoms with E-state index in [2.05, 4.69) is 31.0 Å². The zero-order valence-electron chi connectivity index (χ0n) is 13.7. The molecular weight excluding hydrogens is 474 g/mol. The first-order chi connectivity index (χ1) is 13.0. The van der Waals surface area contributed by atoms with E-state index in [-0.39, 0.29) is 10.9 Å². The number of thiophene rings is 2. The summed E-state index contributed by atoms with van der Waals surface area (Å²) >= 11 is 7.32. The molecule has 0 aromatic carbocycles. The molecule has 8 nitrogen and oxygen atoms in total. The first-order valence-corrected chi connectivity index (χ1v) is 11.1. The number of amides is 1. The van der Waals surface area contributed by atoms with Gasteiger partial charge in [-0.05, 0) is 34.1 Å². The number of aromatic nitrogens is 2. The third-order valence-electron chi connectivity index (χ3n) is 4.02. The highest BCUT2D eigenvalue weighted by Gasteiger charge is 2.25. The predicted octanol–water partition coefficient (Wildman–Crippen LogP) is 3.96. The third kappa shape index (κ3) is 3.88. The fourth-order valence-corrected chi connectivity index (χ4v) is 5.79. The van der Waals surface area contributed by atoms with Crippen molar-refractivity contribution in [1.82, 2.24) is 15.1 Å². The zero-order chi connectivity index (χ0) is 19.0. The van der Waals surface area contributed by atoms with Crippen LogP contribution in [-0.4, -0.2) is 52.1 Å². The van der Waals surface area contributed by atoms with Gasteiger partial charge in [0, 0.05) is 32.2 Å². The molecule has 4 rings (SSSR count). The van der Waals surface area contributed by atoms with Gasteiger partial charge in [0.15, 0.2) is 5.01 Å². The molecule has 0 N–H and O–H groups in total.